The number of carbonyl (C=O) groups is 1. The zero-order valence-corrected chi connectivity index (χ0v) is 14.7. The predicted octanol–water partition coefficient (Wildman–Crippen LogP) is 3.30. The average Bonchev–Trinajstić information content (AvgIpc) is 2.63. The highest BCUT2D eigenvalue weighted by Crippen LogP contribution is 2.21. The maximum Gasteiger partial charge on any atom is 0.265 e. The van der Waals surface area contributed by atoms with Gasteiger partial charge in [0.25, 0.3) is 15.9 Å². The van der Waals surface area contributed by atoms with Crippen LogP contribution in [0.1, 0.15) is 15.9 Å². The van der Waals surface area contributed by atoms with Crippen LogP contribution in [-0.4, -0.2) is 19.3 Å². The number of hydrogen-bond donors (Lipinski definition) is 1. The summed E-state index contributed by atoms with van der Waals surface area (Å²) in [4.78, 5) is 16.3. The van der Waals surface area contributed by atoms with Crippen LogP contribution in [0.15, 0.2) is 78.0 Å². The Hall–Kier alpha value is -3.19. The Morgan fingerprint density at radius 3 is 2.35 bits per heavy atom. The molecule has 0 aliphatic heterocycles. The third-order valence-corrected chi connectivity index (χ3v) is 5.09. The van der Waals surface area contributed by atoms with Crippen LogP contribution in [-0.2, 0) is 10.0 Å². The van der Waals surface area contributed by atoms with Gasteiger partial charge in [-0.05, 0) is 55.0 Å². The third kappa shape index (κ3) is 4.07. The molecule has 6 nitrogen and oxygen atoms in total. The summed E-state index contributed by atoms with van der Waals surface area (Å²) in [6.07, 6.45) is 3.20. The van der Waals surface area contributed by atoms with Crippen molar-refractivity contribution in [3.8, 4) is 11.5 Å². The number of hydrogen-bond acceptors (Lipinski definition) is 5. The van der Waals surface area contributed by atoms with Crippen molar-refractivity contribution in [2.75, 3.05) is 0 Å². The Morgan fingerprint density at radius 2 is 1.69 bits per heavy atom. The summed E-state index contributed by atoms with van der Waals surface area (Å²) >= 11 is 0. The molecule has 1 aromatic heterocycles. The molecule has 1 heterocycles. The SMILES string of the molecule is Cc1ccccc1S(=O)(=O)NC(=O)c1ccc(Oc2cccnc2)cc1. The molecule has 0 bridgehead atoms. The predicted molar refractivity (Wildman–Crippen MR) is 96.6 cm³/mol. The maximum atomic E-state index is 12.4. The van der Waals surface area contributed by atoms with E-state index in [1.54, 1.807) is 61.8 Å². The van der Waals surface area contributed by atoms with Gasteiger partial charge in [-0.25, -0.2) is 13.1 Å². The molecule has 0 radical (unpaired) electrons. The molecule has 7 heteroatoms. The van der Waals surface area contributed by atoms with Gasteiger partial charge >= 0.3 is 0 Å². The Kier molecular flexibility index (Phi) is 4.99. The van der Waals surface area contributed by atoms with Gasteiger partial charge in [0.1, 0.15) is 11.5 Å². The fraction of sp³-hybridized carbons (Fsp3) is 0.0526. The van der Waals surface area contributed by atoms with Gasteiger partial charge in [0, 0.05) is 11.8 Å². The van der Waals surface area contributed by atoms with Crippen molar-refractivity contribution in [3.63, 3.8) is 0 Å². The first-order valence-corrected chi connectivity index (χ1v) is 9.25. The number of benzene rings is 2. The number of rotatable bonds is 5. The fourth-order valence-electron chi connectivity index (χ4n) is 2.31. The highest BCUT2D eigenvalue weighted by atomic mass is 32.2. The molecule has 0 aliphatic carbocycles. The molecule has 0 saturated heterocycles. The summed E-state index contributed by atoms with van der Waals surface area (Å²) in [6.45, 7) is 1.67. The van der Waals surface area contributed by atoms with Gasteiger partial charge in [-0.3, -0.25) is 9.78 Å². The van der Waals surface area contributed by atoms with Crippen molar-refractivity contribution in [2.24, 2.45) is 0 Å². The van der Waals surface area contributed by atoms with Gasteiger partial charge in [0.2, 0.25) is 0 Å². The molecule has 0 atom stereocenters. The van der Waals surface area contributed by atoms with E-state index in [9.17, 15) is 13.2 Å². The Morgan fingerprint density at radius 1 is 0.962 bits per heavy atom. The lowest BCUT2D eigenvalue weighted by molar-refractivity contribution is 0.0981. The molecule has 0 saturated carbocycles. The third-order valence-electron chi connectivity index (χ3n) is 3.60. The molecule has 1 N–H and O–H groups in total. The number of carbonyl (C=O) groups excluding carboxylic acids is 1. The highest BCUT2D eigenvalue weighted by Gasteiger charge is 2.20. The van der Waals surface area contributed by atoms with Crippen LogP contribution < -0.4 is 9.46 Å². The Balaban J connectivity index is 1.73. The molecular formula is C19H16N2O4S. The molecule has 0 unspecified atom stereocenters. The molecule has 2 aromatic carbocycles. The summed E-state index contributed by atoms with van der Waals surface area (Å²) < 4.78 is 32.4. The molecule has 0 spiro atoms. The van der Waals surface area contributed by atoms with E-state index in [1.165, 1.54) is 18.2 Å². The summed E-state index contributed by atoms with van der Waals surface area (Å²) in [7, 11) is -3.94. The fourth-order valence-corrected chi connectivity index (χ4v) is 3.53. The van der Waals surface area contributed by atoms with Crippen molar-refractivity contribution < 1.29 is 17.9 Å². The first-order chi connectivity index (χ1) is 12.5. The van der Waals surface area contributed by atoms with E-state index in [2.05, 4.69) is 9.71 Å². The number of pyridine rings is 1. The van der Waals surface area contributed by atoms with Crippen LogP contribution >= 0.6 is 0 Å². The minimum Gasteiger partial charge on any atom is -0.456 e. The zero-order valence-electron chi connectivity index (χ0n) is 13.9. The Labute approximate surface area is 151 Å². The molecule has 3 rings (SSSR count). The molecule has 1 amide bonds. The van der Waals surface area contributed by atoms with E-state index in [-0.39, 0.29) is 10.5 Å². The number of aryl methyl sites for hydroxylation is 1. The molecule has 132 valence electrons. The second-order valence-electron chi connectivity index (χ2n) is 5.52. The second-order valence-corrected chi connectivity index (χ2v) is 7.17. The van der Waals surface area contributed by atoms with Crippen LogP contribution in [0, 0.1) is 6.92 Å². The lowest BCUT2D eigenvalue weighted by Gasteiger charge is -2.10. The van der Waals surface area contributed by atoms with E-state index < -0.39 is 15.9 Å². The minimum atomic E-state index is -3.94. The summed E-state index contributed by atoms with van der Waals surface area (Å²) in [6, 6.07) is 16.1. The van der Waals surface area contributed by atoms with E-state index >= 15 is 0 Å². The van der Waals surface area contributed by atoms with Crippen molar-refractivity contribution in [3.05, 3.63) is 84.2 Å². The summed E-state index contributed by atoms with van der Waals surface area (Å²) in [5, 5.41) is 0. The van der Waals surface area contributed by atoms with Crippen LogP contribution in [0.2, 0.25) is 0 Å². The van der Waals surface area contributed by atoms with Gasteiger partial charge in [0.15, 0.2) is 0 Å². The number of sulfonamides is 1. The van der Waals surface area contributed by atoms with Crippen LogP contribution in [0.4, 0.5) is 0 Å². The van der Waals surface area contributed by atoms with Crippen LogP contribution in [0.3, 0.4) is 0 Å². The summed E-state index contributed by atoms with van der Waals surface area (Å²) in [5.41, 5.74) is 0.772. The lowest BCUT2D eigenvalue weighted by atomic mass is 10.2. The summed E-state index contributed by atoms with van der Waals surface area (Å²) in [5.74, 6) is 0.365. The van der Waals surface area contributed by atoms with Crippen LogP contribution in [0.25, 0.3) is 0 Å². The minimum absolute atomic E-state index is 0.0740. The first kappa shape index (κ1) is 17.6. The maximum absolute atomic E-state index is 12.4. The molecule has 26 heavy (non-hydrogen) atoms. The van der Waals surface area contributed by atoms with Gasteiger partial charge in [0.05, 0.1) is 11.1 Å². The van der Waals surface area contributed by atoms with Gasteiger partial charge < -0.3 is 4.74 Å². The van der Waals surface area contributed by atoms with E-state index in [1.807, 2.05) is 0 Å². The largest absolute Gasteiger partial charge is 0.456 e. The van der Waals surface area contributed by atoms with Gasteiger partial charge in [-0.1, -0.05) is 18.2 Å². The molecule has 3 aromatic rings. The molecule has 0 fully saturated rings. The Bertz CT molecular complexity index is 1020. The monoisotopic (exact) mass is 368 g/mol. The molecular weight excluding hydrogens is 352 g/mol. The standard InChI is InChI=1S/C19H16N2O4S/c1-14-5-2-3-7-18(14)26(23,24)21-19(22)15-8-10-16(11-9-15)25-17-6-4-12-20-13-17/h2-13H,1H3,(H,21,22). The smallest absolute Gasteiger partial charge is 0.265 e. The lowest BCUT2D eigenvalue weighted by Crippen LogP contribution is -2.31. The number of nitrogens with zero attached hydrogens (tertiary/aromatic N) is 1. The quantitative estimate of drug-likeness (QED) is 0.747. The zero-order chi connectivity index (χ0) is 18.6. The number of ether oxygens (including phenoxy) is 1. The average molecular weight is 368 g/mol. The topological polar surface area (TPSA) is 85.4 Å². The number of nitrogens with one attached hydrogen (secondary N) is 1. The van der Waals surface area contributed by atoms with E-state index in [0.717, 1.165) is 0 Å². The highest BCUT2D eigenvalue weighted by molar-refractivity contribution is 7.90. The van der Waals surface area contributed by atoms with Crippen molar-refractivity contribution in [1.82, 2.24) is 9.71 Å². The van der Waals surface area contributed by atoms with Crippen molar-refractivity contribution in [1.29, 1.82) is 0 Å². The number of aromatic nitrogens is 1. The van der Waals surface area contributed by atoms with Crippen molar-refractivity contribution >= 4 is 15.9 Å². The van der Waals surface area contributed by atoms with Gasteiger partial charge in [-0.2, -0.15) is 0 Å². The number of amides is 1. The van der Waals surface area contributed by atoms with E-state index in [4.69, 9.17) is 4.74 Å². The first-order valence-electron chi connectivity index (χ1n) is 7.76. The van der Waals surface area contributed by atoms with Gasteiger partial charge in [-0.15, -0.1) is 0 Å². The van der Waals surface area contributed by atoms with Crippen LogP contribution in [0.5, 0.6) is 11.5 Å². The molecule has 0 aliphatic rings. The second kappa shape index (κ2) is 7.37. The van der Waals surface area contributed by atoms with Crippen molar-refractivity contribution in [2.45, 2.75) is 11.8 Å². The normalized spacial score (nSPS) is 11.0. The van der Waals surface area contributed by atoms with E-state index in [0.29, 0.717) is 17.1 Å².